The lowest BCUT2D eigenvalue weighted by atomic mass is 10.2. The number of hydrogen-bond donors (Lipinski definition) is 1. The highest BCUT2D eigenvalue weighted by Crippen LogP contribution is 2.17. The van der Waals surface area contributed by atoms with Crippen molar-refractivity contribution in [2.45, 2.75) is 6.54 Å². The lowest BCUT2D eigenvalue weighted by Crippen LogP contribution is -2.44. The van der Waals surface area contributed by atoms with Crippen LogP contribution in [0.15, 0.2) is 42.6 Å². The maximum atomic E-state index is 12.0. The van der Waals surface area contributed by atoms with Gasteiger partial charge in [-0.2, -0.15) is 0 Å². The van der Waals surface area contributed by atoms with E-state index in [1.54, 1.807) is 31.4 Å². The van der Waals surface area contributed by atoms with Gasteiger partial charge in [-0.25, -0.2) is 4.98 Å². The fourth-order valence-corrected chi connectivity index (χ4v) is 2.82. The van der Waals surface area contributed by atoms with Gasteiger partial charge in [0.15, 0.2) is 6.61 Å². The molecule has 27 heavy (non-hydrogen) atoms. The van der Waals surface area contributed by atoms with Crippen LogP contribution in [0.3, 0.4) is 0 Å². The Bertz CT molecular complexity index is 726. The van der Waals surface area contributed by atoms with E-state index >= 15 is 0 Å². The molecule has 0 radical (unpaired) electrons. The molecule has 144 valence electrons. The van der Waals surface area contributed by atoms with Crippen molar-refractivity contribution in [3.63, 3.8) is 0 Å². The molecule has 0 atom stereocenters. The second-order valence-corrected chi connectivity index (χ2v) is 6.56. The molecule has 0 unspecified atom stereocenters. The van der Waals surface area contributed by atoms with Gasteiger partial charge in [0.25, 0.3) is 5.91 Å². The number of benzene rings is 1. The van der Waals surface area contributed by atoms with E-state index in [1.165, 1.54) is 0 Å². The number of nitrogens with zero attached hydrogens (tertiary/aromatic N) is 3. The third-order valence-electron chi connectivity index (χ3n) is 4.56. The van der Waals surface area contributed by atoms with Crippen LogP contribution in [0, 0.1) is 0 Å². The van der Waals surface area contributed by atoms with Crippen molar-refractivity contribution in [1.29, 1.82) is 0 Å². The van der Waals surface area contributed by atoms with Gasteiger partial charge in [0.1, 0.15) is 17.3 Å². The predicted octanol–water partition coefficient (Wildman–Crippen LogP) is 1.54. The van der Waals surface area contributed by atoms with Crippen LogP contribution in [-0.2, 0) is 11.3 Å². The van der Waals surface area contributed by atoms with Crippen molar-refractivity contribution in [3.8, 4) is 11.5 Å². The lowest BCUT2D eigenvalue weighted by Gasteiger charge is -2.33. The third-order valence-corrected chi connectivity index (χ3v) is 4.56. The first-order valence-electron chi connectivity index (χ1n) is 9.06. The Morgan fingerprint density at radius 1 is 1.07 bits per heavy atom. The molecule has 1 amide bonds. The molecular weight excluding hydrogens is 344 g/mol. The first-order valence-corrected chi connectivity index (χ1v) is 9.06. The summed E-state index contributed by atoms with van der Waals surface area (Å²) in [6.45, 7) is 4.48. The Balaban J connectivity index is 1.41. The number of ether oxygens (including phenoxy) is 2. The van der Waals surface area contributed by atoms with Gasteiger partial charge < -0.3 is 24.6 Å². The number of methoxy groups -OCH3 is 1. The van der Waals surface area contributed by atoms with E-state index in [0.29, 0.717) is 12.3 Å². The zero-order chi connectivity index (χ0) is 19.1. The maximum absolute atomic E-state index is 12.0. The maximum Gasteiger partial charge on any atom is 0.258 e. The lowest BCUT2D eigenvalue weighted by molar-refractivity contribution is -0.123. The van der Waals surface area contributed by atoms with E-state index in [-0.39, 0.29) is 12.5 Å². The molecule has 3 rings (SSSR count). The second-order valence-electron chi connectivity index (χ2n) is 6.56. The van der Waals surface area contributed by atoms with Crippen LogP contribution in [0.2, 0.25) is 0 Å². The Morgan fingerprint density at radius 3 is 2.41 bits per heavy atom. The molecule has 7 heteroatoms. The number of rotatable bonds is 7. The van der Waals surface area contributed by atoms with Crippen LogP contribution in [0.25, 0.3) is 0 Å². The number of aromatic nitrogens is 1. The van der Waals surface area contributed by atoms with Crippen LogP contribution in [0.5, 0.6) is 11.5 Å². The molecule has 7 nitrogen and oxygen atoms in total. The predicted molar refractivity (Wildman–Crippen MR) is 104 cm³/mol. The summed E-state index contributed by atoms with van der Waals surface area (Å²) >= 11 is 0. The zero-order valence-electron chi connectivity index (χ0n) is 15.9. The van der Waals surface area contributed by atoms with E-state index in [1.807, 2.05) is 18.3 Å². The Kier molecular flexibility index (Phi) is 6.49. The number of amides is 1. The monoisotopic (exact) mass is 370 g/mol. The molecule has 0 spiro atoms. The number of anilines is 1. The van der Waals surface area contributed by atoms with Gasteiger partial charge in [0, 0.05) is 38.9 Å². The molecule has 1 aromatic carbocycles. The van der Waals surface area contributed by atoms with Crippen LogP contribution < -0.4 is 19.7 Å². The first kappa shape index (κ1) is 19.0. The third kappa shape index (κ3) is 5.59. The summed E-state index contributed by atoms with van der Waals surface area (Å²) in [6, 6.07) is 11.1. The van der Waals surface area contributed by atoms with Gasteiger partial charge in [-0.1, -0.05) is 6.07 Å². The zero-order valence-corrected chi connectivity index (χ0v) is 15.9. The van der Waals surface area contributed by atoms with Crippen LogP contribution >= 0.6 is 0 Å². The highest BCUT2D eigenvalue weighted by atomic mass is 16.5. The summed E-state index contributed by atoms with van der Waals surface area (Å²) in [5.74, 6) is 2.19. The molecule has 0 saturated carbocycles. The van der Waals surface area contributed by atoms with Gasteiger partial charge in [0.05, 0.1) is 7.11 Å². The highest BCUT2D eigenvalue weighted by molar-refractivity contribution is 5.77. The number of carbonyl (C=O) groups excluding carboxylic acids is 1. The molecule has 2 heterocycles. The van der Waals surface area contributed by atoms with E-state index in [0.717, 1.165) is 43.3 Å². The molecule has 0 aliphatic carbocycles. The Labute approximate surface area is 159 Å². The fourth-order valence-electron chi connectivity index (χ4n) is 2.82. The van der Waals surface area contributed by atoms with Gasteiger partial charge in [0.2, 0.25) is 0 Å². The second kappa shape index (κ2) is 9.23. The smallest absolute Gasteiger partial charge is 0.258 e. The average Bonchev–Trinajstić information content (AvgIpc) is 2.72. The average molecular weight is 370 g/mol. The minimum Gasteiger partial charge on any atom is -0.497 e. The number of carbonyl (C=O) groups is 1. The Hall–Kier alpha value is -2.80. The molecule has 0 bridgehead atoms. The molecule has 2 aromatic rings. The minimum absolute atomic E-state index is 0.0286. The van der Waals surface area contributed by atoms with Crippen molar-refractivity contribution < 1.29 is 14.3 Å². The number of nitrogens with one attached hydrogen (secondary N) is 1. The summed E-state index contributed by atoms with van der Waals surface area (Å²) in [7, 11) is 3.74. The topological polar surface area (TPSA) is 66.9 Å². The normalized spacial score (nSPS) is 14.7. The van der Waals surface area contributed by atoms with Gasteiger partial charge in [-0.15, -0.1) is 0 Å². The summed E-state index contributed by atoms with van der Waals surface area (Å²) < 4.78 is 10.6. The van der Waals surface area contributed by atoms with E-state index < -0.39 is 0 Å². The quantitative estimate of drug-likeness (QED) is 0.798. The van der Waals surface area contributed by atoms with E-state index in [9.17, 15) is 4.79 Å². The van der Waals surface area contributed by atoms with Crippen LogP contribution in [0.1, 0.15) is 5.56 Å². The number of hydrogen-bond acceptors (Lipinski definition) is 6. The first-order chi connectivity index (χ1) is 13.1. The minimum atomic E-state index is -0.172. The van der Waals surface area contributed by atoms with Crippen molar-refractivity contribution >= 4 is 11.7 Å². The molecule has 1 aliphatic heterocycles. The van der Waals surface area contributed by atoms with Crippen molar-refractivity contribution in [2.75, 3.05) is 51.8 Å². The summed E-state index contributed by atoms with van der Waals surface area (Å²) in [4.78, 5) is 21.1. The van der Waals surface area contributed by atoms with Gasteiger partial charge >= 0.3 is 0 Å². The summed E-state index contributed by atoms with van der Waals surface area (Å²) in [6.07, 6.45) is 1.82. The van der Waals surface area contributed by atoms with Crippen molar-refractivity contribution in [2.24, 2.45) is 0 Å². The van der Waals surface area contributed by atoms with Crippen LogP contribution in [0.4, 0.5) is 5.82 Å². The summed E-state index contributed by atoms with van der Waals surface area (Å²) in [5.41, 5.74) is 0.964. The molecular formula is C20H26N4O3. The van der Waals surface area contributed by atoms with Crippen molar-refractivity contribution in [1.82, 2.24) is 15.2 Å². The fraction of sp³-hybridized carbons (Fsp3) is 0.400. The number of likely N-dealkylation sites (N-methyl/N-ethyl adjacent to an activating group) is 1. The van der Waals surface area contributed by atoms with Gasteiger partial charge in [-0.05, 0) is 42.9 Å². The van der Waals surface area contributed by atoms with Crippen LogP contribution in [-0.4, -0.2) is 62.7 Å². The number of piperazine rings is 1. The highest BCUT2D eigenvalue weighted by Gasteiger charge is 2.15. The molecule has 1 aliphatic rings. The molecule has 1 aromatic heterocycles. The van der Waals surface area contributed by atoms with E-state index in [2.05, 4.69) is 27.1 Å². The summed E-state index contributed by atoms with van der Waals surface area (Å²) in [5, 5.41) is 2.85. The molecule has 1 saturated heterocycles. The van der Waals surface area contributed by atoms with Gasteiger partial charge in [-0.3, -0.25) is 4.79 Å². The largest absolute Gasteiger partial charge is 0.497 e. The SMILES string of the molecule is COc1ccc(OCC(=O)NCc2ccc(N3CCN(C)CC3)nc2)cc1. The molecule has 1 fully saturated rings. The van der Waals surface area contributed by atoms with E-state index in [4.69, 9.17) is 9.47 Å². The molecule has 1 N–H and O–H groups in total. The number of pyridine rings is 1. The Morgan fingerprint density at radius 2 is 1.78 bits per heavy atom. The standard InChI is InChI=1S/C20H26N4O3/c1-23-9-11-24(12-10-23)19-8-3-16(13-21-19)14-22-20(25)15-27-18-6-4-17(26-2)5-7-18/h3-8,13H,9-12,14-15H2,1-2H3,(H,22,25). The van der Waals surface area contributed by atoms with Crippen molar-refractivity contribution in [3.05, 3.63) is 48.2 Å².